The van der Waals surface area contributed by atoms with Crippen LogP contribution in [-0.4, -0.2) is 22.2 Å². The van der Waals surface area contributed by atoms with Crippen molar-refractivity contribution in [2.45, 2.75) is 19.9 Å². The molecule has 32 heavy (non-hydrogen) atoms. The van der Waals surface area contributed by atoms with Crippen LogP contribution >= 0.6 is 34.5 Å². The summed E-state index contributed by atoms with van der Waals surface area (Å²) in [6.07, 6.45) is 1.55. The number of thiazole rings is 1. The Labute approximate surface area is 197 Å². The first-order valence-corrected chi connectivity index (χ1v) is 11.3. The molecule has 0 amide bonds. The second kappa shape index (κ2) is 8.94. The first kappa shape index (κ1) is 22.3. The van der Waals surface area contributed by atoms with Gasteiger partial charge in [-0.2, -0.15) is 0 Å². The Kier molecular flexibility index (Phi) is 6.24. The fourth-order valence-electron chi connectivity index (χ4n) is 3.56. The fraction of sp³-hybridized carbons (Fsp3) is 0.174. The van der Waals surface area contributed by atoms with Crippen molar-refractivity contribution in [1.29, 1.82) is 0 Å². The van der Waals surface area contributed by atoms with E-state index < -0.39 is 12.0 Å². The molecule has 3 aromatic rings. The molecule has 1 aliphatic heterocycles. The van der Waals surface area contributed by atoms with Crippen molar-refractivity contribution in [1.82, 2.24) is 4.57 Å². The number of aromatic nitrogens is 1. The van der Waals surface area contributed by atoms with Crippen LogP contribution in [0.25, 0.3) is 6.08 Å². The molecule has 0 saturated heterocycles. The van der Waals surface area contributed by atoms with Crippen molar-refractivity contribution in [2.24, 2.45) is 4.99 Å². The predicted molar refractivity (Wildman–Crippen MR) is 125 cm³/mol. The molecule has 0 saturated carbocycles. The number of hydrogen-bond donors (Lipinski definition) is 1. The molecule has 2 heterocycles. The lowest BCUT2D eigenvalue weighted by atomic mass is 9.96. The average molecular weight is 489 g/mol. The molecule has 164 valence electrons. The third kappa shape index (κ3) is 3.99. The van der Waals surface area contributed by atoms with Crippen LogP contribution in [0.15, 0.2) is 63.5 Å². The molecule has 4 rings (SSSR count). The highest BCUT2D eigenvalue weighted by Crippen LogP contribution is 2.34. The maximum absolute atomic E-state index is 13.5. The van der Waals surface area contributed by atoms with Crippen LogP contribution in [0.5, 0.6) is 5.75 Å². The van der Waals surface area contributed by atoms with Gasteiger partial charge in [0.05, 0.1) is 22.4 Å². The highest BCUT2D eigenvalue weighted by atomic mass is 35.5. The zero-order valence-electron chi connectivity index (χ0n) is 17.1. The van der Waals surface area contributed by atoms with Crippen molar-refractivity contribution < 1.29 is 14.6 Å². The molecule has 0 radical (unpaired) electrons. The summed E-state index contributed by atoms with van der Waals surface area (Å²) in [4.78, 5) is 31.3. The minimum absolute atomic E-state index is 0.00807. The maximum Gasteiger partial charge on any atom is 0.338 e. The van der Waals surface area contributed by atoms with Gasteiger partial charge in [-0.25, -0.2) is 9.79 Å². The molecule has 0 unspecified atom stereocenters. The summed E-state index contributed by atoms with van der Waals surface area (Å²) in [5.74, 6) is -0.563. The highest BCUT2D eigenvalue weighted by molar-refractivity contribution is 7.07. The van der Waals surface area contributed by atoms with Gasteiger partial charge in [-0.05, 0) is 49.8 Å². The number of phenols is 1. The summed E-state index contributed by atoms with van der Waals surface area (Å²) in [5.41, 5.74) is 1.33. The first-order valence-electron chi connectivity index (χ1n) is 9.74. The van der Waals surface area contributed by atoms with Gasteiger partial charge in [-0.15, -0.1) is 0 Å². The number of ether oxygens (including phenoxy) is 1. The summed E-state index contributed by atoms with van der Waals surface area (Å²) in [7, 11) is 0. The summed E-state index contributed by atoms with van der Waals surface area (Å²) < 4.78 is 7.04. The van der Waals surface area contributed by atoms with E-state index in [-0.39, 0.29) is 23.5 Å². The molecule has 2 aromatic carbocycles. The van der Waals surface area contributed by atoms with Crippen LogP contribution in [0.2, 0.25) is 10.0 Å². The molecule has 0 bridgehead atoms. The van der Waals surface area contributed by atoms with E-state index in [1.54, 1.807) is 56.3 Å². The maximum atomic E-state index is 13.5. The van der Waals surface area contributed by atoms with Crippen LogP contribution in [0, 0.1) is 0 Å². The second-order valence-electron chi connectivity index (χ2n) is 7.03. The fourth-order valence-corrected chi connectivity index (χ4v) is 5.02. The number of esters is 1. The number of nitrogens with zero attached hydrogens (tertiary/aromatic N) is 2. The van der Waals surface area contributed by atoms with Crippen molar-refractivity contribution in [2.75, 3.05) is 6.61 Å². The molecular weight excluding hydrogens is 471 g/mol. The number of aromatic hydroxyl groups is 1. The largest absolute Gasteiger partial charge is 0.507 e. The number of phenolic OH excluding ortho intramolecular Hbond substituents is 1. The summed E-state index contributed by atoms with van der Waals surface area (Å²) in [6, 6.07) is 10.8. The van der Waals surface area contributed by atoms with E-state index in [9.17, 15) is 14.7 Å². The van der Waals surface area contributed by atoms with Gasteiger partial charge < -0.3 is 9.84 Å². The number of hydrogen-bond acceptors (Lipinski definition) is 6. The third-order valence-corrected chi connectivity index (χ3v) is 6.56. The quantitative estimate of drug-likeness (QED) is 0.566. The number of benzene rings is 2. The topological polar surface area (TPSA) is 80.9 Å². The average Bonchev–Trinajstić information content (AvgIpc) is 3.05. The molecule has 1 aliphatic rings. The van der Waals surface area contributed by atoms with Gasteiger partial charge in [-0.1, -0.05) is 52.7 Å². The Morgan fingerprint density at radius 1 is 1.28 bits per heavy atom. The minimum atomic E-state index is -0.797. The Morgan fingerprint density at radius 3 is 2.75 bits per heavy atom. The molecule has 1 atom stereocenters. The second-order valence-corrected chi connectivity index (χ2v) is 8.88. The molecule has 0 fully saturated rings. The molecule has 6 nitrogen and oxygen atoms in total. The van der Waals surface area contributed by atoms with E-state index in [0.717, 1.165) is 11.3 Å². The Hall–Kier alpha value is -2.87. The van der Waals surface area contributed by atoms with Gasteiger partial charge in [0, 0.05) is 15.6 Å². The standard InChI is InChI=1S/C23H18Cl2N2O4S/c1-3-31-22(30)19-12(2)26-23-27(20(19)15-6-4-5-7-16(15)25)21(29)18(32-23)11-13-10-14(24)8-9-17(13)28/h4-11,20,28H,3H2,1-2H3/b18-11-/t20-/m1/s1. The van der Waals surface area contributed by atoms with Crippen LogP contribution in [0.4, 0.5) is 0 Å². The van der Waals surface area contributed by atoms with E-state index in [4.69, 9.17) is 27.9 Å². The number of allylic oxidation sites excluding steroid dienone is 1. The van der Waals surface area contributed by atoms with Gasteiger partial charge in [-0.3, -0.25) is 9.36 Å². The predicted octanol–water partition coefficient (Wildman–Crippen LogP) is 3.81. The lowest BCUT2D eigenvalue weighted by molar-refractivity contribution is -0.139. The van der Waals surface area contributed by atoms with Crippen molar-refractivity contribution in [3.63, 3.8) is 0 Å². The van der Waals surface area contributed by atoms with E-state index >= 15 is 0 Å². The van der Waals surface area contributed by atoms with Crippen molar-refractivity contribution >= 4 is 46.6 Å². The van der Waals surface area contributed by atoms with Gasteiger partial charge in [0.25, 0.3) is 5.56 Å². The normalized spacial score (nSPS) is 16.0. The molecule has 0 aliphatic carbocycles. The Bertz CT molecular complexity index is 1440. The number of halogens is 2. The summed E-state index contributed by atoms with van der Waals surface area (Å²) in [6.45, 7) is 3.60. The number of carbonyl (C=O) groups is 1. The van der Waals surface area contributed by atoms with E-state index in [1.165, 1.54) is 10.6 Å². The van der Waals surface area contributed by atoms with Gasteiger partial charge >= 0.3 is 5.97 Å². The molecule has 0 spiro atoms. The van der Waals surface area contributed by atoms with E-state index in [2.05, 4.69) is 4.99 Å². The minimum Gasteiger partial charge on any atom is -0.507 e. The zero-order chi connectivity index (χ0) is 23.0. The van der Waals surface area contributed by atoms with Crippen LogP contribution < -0.4 is 14.9 Å². The van der Waals surface area contributed by atoms with Gasteiger partial charge in [0.1, 0.15) is 11.8 Å². The lowest BCUT2D eigenvalue weighted by Gasteiger charge is -2.25. The van der Waals surface area contributed by atoms with Crippen LogP contribution in [0.3, 0.4) is 0 Å². The zero-order valence-corrected chi connectivity index (χ0v) is 19.5. The Balaban J connectivity index is 2.00. The van der Waals surface area contributed by atoms with Crippen LogP contribution in [0.1, 0.15) is 31.0 Å². The van der Waals surface area contributed by atoms with Crippen molar-refractivity contribution in [3.05, 3.63) is 94.6 Å². The van der Waals surface area contributed by atoms with Crippen molar-refractivity contribution in [3.8, 4) is 5.75 Å². The monoisotopic (exact) mass is 488 g/mol. The number of fused-ring (bicyclic) bond motifs is 1. The molecular formula is C23H18Cl2N2O4S. The van der Waals surface area contributed by atoms with Gasteiger partial charge in [0.2, 0.25) is 0 Å². The third-order valence-electron chi connectivity index (χ3n) is 4.99. The van der Waals surface area contributed by atoms with Gasteiger partial charge in [0.15, 0.2) is 4.80 Å². The summed E-state index contributed by atoms with van der Waals surface area (Å²) >= 11 is 13.7. The molecule has 1 N–H and O–H groups in total. The first-order chi connectivity index (χ1) is 15.3. The van der Waals surface area contributed by atoms with E-state index in [1.807, 2.05) is 0 Å². The lowest BCUT2D eigenvalue weighted by Crippen LogP contribution is -2.40. The number of carbonyl (C=O) groups excluding carboxylic acids is 1. The summed E-state index contributed by atoms with van der Waals surface area (Å²) in [5, 5.41) is 11.0. The highest BCUT2D eigenvalue weighted by Gasteiger charge is 2.34. The number of rotatable bonds is 4. The molecule has 1 aromatic heterocycles. The van der Waals surface area contributed by atoms with E-state index in [0.29, 0.717) is 36.2 Å². The van der Waals surface area contributed by atoms with Crippen LogP contribution in [-0.2, 0) is 9.53 Å². The smallest absolute Gasteiger partial charge is 0.338 e. The SMILES string of the molecule is CCOC(=O)C1=C(C)N=c2s/c(=C\c3cc(Cl)ccc3O)c(=O)n2[C@@H]1c1ccccc1Cl. The molecule has 9 heteroatoms. The Morgan fingerprint density at radius 2 is 2.03 bits per heavy atom.